The van der Waals surface area contributed by atoms with Crippen molar-refractivity contribution in [2.45, 2.75) is 33.6 Å². The molecule has 0 saturated carbocycles. The molecule has 2 aromatic carbocycles. The van der Waals surface area contributed by atoms with Gasteiger partial charge >= 0.3 is 15.1 Å². The minimum Gasteiger partial charge on any atom is -0.382 e. The van der Waals surface area contributed by atoms with Gasteiger partial charge in [0.25, 0.3) is 0 Å². The summed E-state index contributed by atoms with van der Waals surface area (Å²) < 4.78 is 13.0. The smallest absolute Gasteiger partial charge is 0.357 e. The number of benzene rings is 2. The van der Waals surface area contributed by atoms with Gasteiger partial charge in [0.1, 0.15) is 12.5 Å². The fourth-order valence-corrected chi connectivity index (χ4v) is 3.11. The van der Waals surface area contributed by atoms with E-state index in [1.54, 1.807) is 24.3 Å². The van der Waals surface area contributed by atoms with Gasteiger partial charge in [0.15, 0.2) is 5.78 Å². The van der Waals surface area contributed by atoms with Crippen LogP contribution in [0.5, 0.6) is 0 Å². The van der Waals surface area contributed by atoms with E-state index in [9.17, 15) is 9.59 Å². The number of ketones is 1. The minimum atomic E-state index is -1.09. The van der Waals surface area contributed by atoms with E-state index >= 15 is 0 Å². The van der Waals surface area contributed by atoms with Crippen LogP contribution >= 0.6 is 9.12 Å². The number of carbonyl (C=O) groups excluding carboxylic acids is 2. The van der Waals surface area contributed by atoms with E-state index in [1.807, 2.05) is 39.8 Å². The number of aryl methyl sites for hydroxylation is 2. The van der Waals surface area contributed by atoms with E-state index in [-0.39, 0.29) is 19.0 Å². The van der Waals surface area contributed by atoms with Gasteiger partial charge in [-0.1, -0.05) is 41.0 Å². The Bertz CT molecular complexity index is 835. The quantitative estimate of drug-likeness (QED) is 0.159. The number of hydrogen-bond acceptors (Lipinski definition) is 6. The fraction of sp³-hybridized carbons (Fsp3) is 0.364. The third-order valence-electron chi connectivity index (χ3n) is 4.75. The normalized spacial score (nSPS) is 11.2. The summed E-state index contributed by atoms with van der Waals surface area (Å²) in [5, 5.41) is 0. The van der Waals surface area contributed by atoms with Crippen LogP contribution in [0.3, 0.4) is 0 Å². The topological polar surface area (TPSA) is 78.9 Å². The zero-order valence-electron chi connectivity index (χ0n) is 17.5. The van der Waals surface area contributed by atoms with E-state index < -0.39 is 11.9 Å². The van der Waals surface area contributed by atoms with Gasteiger partial charge in [0.05, 0.1) is 6.61 Å². The maximum Gasteiger partial charge on any atom is 0.357 e. The lowest BCUT2D eigenvalue weighted by Gasteiger charge is -2.19. The Balaban J connectivity index is 0.00000204. The van der Waals surface area contributed by atoms with Gasteiger partial charge in [-0.15, -0.1) is 0 Å². The van der Waals surface area contributed by atoms with Gasteiger partial charge in [0.2, 0.25) is 0 Å². The molecular weight excluding hydrogens is 391 g/mol. The molecule has 0 aromatic heterocycles. The molecule has 2 rings (SSSR count). The fourth-order valence-electron chi connectivity index (χ4n) is 3.11. The SMILES string of the molecule is COCCOOC(=O)C(C(=O)c1c(C)cc(C)c(C)c1C)c1ccccc1.O=[PH2+]. The van der Waals surface area contributed by atoms with Gasteiger partial charge in [-0.25, -0.2) is 4.79 Å². The number of rotatable bonds is 8. The van der Waals surface area contributed by atoms with Crippen LogP contribution in [0.1, 0.15) is 44.1 Å². The zero-order valence-corrected chi connectivity index (χ0v) is 18.6. The summed E-state index contributed by atoms with van der Waals surface area (Å²) in [4.78, 5) is 35.9. The average molecular weight is 419 g/mol. The van der Waals surface area contributed by atoms with E-state index in [0.717, 1.165) is 22.3 Å². The molecule has 2 atom stereocenters. The van der Waals surface area contributed by atoms with Crippen LogP contribution in [0.25, 0.3) is 0 Å². The Morgan fingerprint density at radius 2 is 1.55 bits per heavy atom. The highest BCUT2D eigenvalue weighted by atomic mass is 31.0. The molecular formula is C22H28O6P+. The van der Waals surface area contributed by atoms with E-state index in [0.29, 0.717) is 11.1 Å². The van der Waals surface area contributed by atoms with Crippen LogP contribution in [-0.2, 0) is 23.9 Å². The van der Waals surface area contributed by atoms with Gasteiger partial charge in [-0.2, -0.15) is 4.89 Å². The molecule has 156 valence electrons. The monoisotopic (exact) mass is 419 g/mol. The predicted octanol–water partition coefficient (Wildman–Crippen LogP) is 4.21. The van der Waals surface area contributed by atoms with Gasteiger partial charge in [-0.05, 0) is 55.5 Å². The van der Waals surface area contributed by atoms with Gasteiger partial charge in [-0.3, -0.25) is 9.68 Å². The number of carbonyl (C=O) groups is 2. The highest BCUT2D eigenvalue weighted by Gasteiger charge is 2.33. The molecule has 2 unspecified atom stereocenters. The molecule has 0 fully saturated rings. The number of Topliss-reactive ketones (excluding diaryl/α,β-unsaturated/α-hetero) is 1. The Kier molecular flexibility index (Phi) is 10.4. The average Bonchev–Trinajstić information content (AvgIpc) is 2.72. The molecule has 0 heterocycles. The van der Waals surface area contributed by atoms with Crippen LogP contribution in [0.15, 0.2) is 36.4 Å². The highest BCUT2D eigenvalue weighted by Crippen LogP contribution is 2.29. The van der Waals surface area contributed by atoms with Crippen molar-refractivity contribution in [1.82, 2.24) is 0 Å². The Morgan fingerprint density at radius 1 is 0.931 bits per heavy atom. The first kappa shape index (κ1) is 24.6. The number of hydrogen-bond donors (Lipinski definition) is 0. The number of ether oxygens (including phenoxy) is 1. The summed E-state index contributed by atoms with van der Waals surface area (Å²) in [6.07, 6.45) is 0. The highest BCUT2D eigenvalue weighted by molar-refractivity contribution is 7.00. The lowest BCUT2D eigenvalue weighted by atomic mass is 9.84. The summed E-state index contributed by atoms with van der Waals surface area (Å²) in [6.45, 7) is 8.16. The third-order valence-corrected chi connectivity index (χ3v) is 4.75. The lowest BCUT2D eigenvalue weighted by molar-refractivity contribution is -0.276. The summed E-state index contributed by atoms with van der Waals surface area (Å²) in [5.74, 6) is -2.12. The molecule has 0 amide bonds. The molecule has 6 nitrogen and oxygen atoms in total. The molecule has 0 aliphatic rings. The summed E-state index contributed by atoms with van der Waals surface area (Å²) >= 11 is 0. The van der Waals surface area contributed by atoms with Gasteiger partial charge < -0.3 is 4.74 Å². The minimum absolute atomic E-state index is 0.0969. The third kappa shape index (κ3) is 6.29. The Morgan fingerprint density at radius 3 is 2.14 bits per heavy atom. The van der Waals surface area contributed by atoms with Crippen molar-refractivity contribution < 1.29 is 28.7 Å². The van der Waals surface area contributed by atoms with Crippen LogP contribution in [0.2, 0.25) is 0 Å². The second-order valence-corrected chi connectivity index (χ2v) is 6.56. The van der Waals surface area contributed by atoms with E-state index in [2.05, 4.69) is 0 Å². The maximum atomic E-state index is 13.4. The molecule has 0 bridgehead atoms. The van der Waals surface area contributed by atoms with Crippen LogP contribution in [-0.4, -0.2) is 32.1 Å². The van der Waals surface area contributed by atoms with Gasteiger partial charge in [0, 0.05) is 12.7 Å². The largest absolute Gasteiger partial charge is 0.382 e. The molecule has 29 heavy (non-hydrogen) atoms. The molecule has 7 heteroatoms. The van der Waals surface area contributed by atoms with Crippen molar-refractivity contribution in [3.63, 3.8) is 0 Å². The first-order valence-electron chi connectivity index (χ1n) is 9.10. The second kappa shape index (κ2) is 12.2. The molecule has 0 saturated heterocycles. The van der Waals surface area contributed by atoms with Crippen molar-refractivity contribution in [3.8, 4) is 0 Å². The van der Waals surface area contributed by atoms with Crippen molar-refractivity contribution in [2.75, 3.05) is 20.3 Å². The lowest BCUT2D eigenvalue weighted by Crippen LogP contribution is -2.26. The molecule has 0 aliphatic heterocycles. The first-order chi connectivity index (χ1) is 13.9. The van der Waals surface area contributed by atoms with Crippen LogP contribution in [0, 0.1) is 27.7 Å². The summed E-state index contributed by atoms with van der Waals surface area (Å²) in [6, 6.07) is 10.9. The Labute approximate surface area is 173 Å². The van der Waals surface area contributed by atoms with Crippen molar-refractivity contribution in [2.24, 2.45) is 0 Å². The zero-order chi connectivity index (χ0) is 22.0. The van der Waals surface area contributed by atoms with E-state index in [1.165, 1.54) is 16.2 Å². The first-order valence-corrected chi connectivity index (χ1v) is 9.58. The molecule has 0 aliphatic carbocycles. The standard InChI is InChI=1S/C22H26O5.H2OP/c1-14-13-15(2)19(17(4)16(14)3)21(23)20(18-9-7-6-8-10-18)22(24)27-26-12-11-25-5;1-2/h6-10,13,20H,11-12H2,1-5H3;2H2/q;+1. The summed E-state index contributed by atoms with van der Waals surface area (Å²) in [5.41, 5.74) is 5.01. The van der Waals surface area contributed by atoms with E-state index in [4.69, 9.17) is 19.1 Å². The van der Waals surface area contributed by atoms with Crippen LogP contribution in [0.4, 0.5) is 0 Å². The number of methoxy groups -OCH3 is 1. The molecule has 0 N–H and O–H groups in total. The second-order valence-electron chi connectivity index (χ2n) is 6.56. The summed E-state index contributed by atoms with van der Waals surface area (Å²) in [7, 11) is 2.69. The van der Waals surface area contributed by atoms with Crippen molar-refractivity contribution >= 4 is 20.9 Å². The maximum absolute atomic E-state index is 13.4. The predicted molar refractivity (Wildman–Crippen MR) is 113 cm³/mol. The Hall–Kier alpha value is -2.40. The molecule has 0 radical (unpaired) electrons. The van der Waals surface area contributed by atoms with Crippen molar-refractivity contribution in [3.05, 3.63) is 69.8 Å². The van der Waals surface area contributed by atoms with Crippen molar-refractivity contribution in [1.29, 1.82) is 0 Å². The molecule has 0 spiro atoms. The van der Waals surface area contributed by atoms with Crippen LogP contribution < -0.4 is 0 Å². The molecule has 2 aromatic rings.